The molecule has 0 aromatic rings. The van der Waals surface area contributed by atoms with Gasteiger partial charge in [0, 0.05) is 19.7 Å². The first-order chi connectivity index (χ1) is 6.76. The second kappa shape index (κ2) is 6.38. The molecule has 0 radical (unpaired) electrons. The lowest BCUT2D eigenvalue weighted by Gasteiger charge is -2.35. The maximum absolute atomic E-state index is 5.53. The SMILES string of the molecule is CCOC1CC(CCN(C)CCN)C1. The summed E-state index contributed by atoms with van der Waals surface area (Å²) < 4.78 is 5.53. The highest BCUT2D eigenvalue weighted by Crippen LogP contribution is 2.32. The average Bonchev–Trinajstić information content (AvgIpc) is 2.09. The summed E-state index contributed by atoms with van der Waals surface area (Å²) in [5.74, 6) is 0.895. The van der Waals surface area contributed by atoms with Gasteiger partial charge in [0.05, 0.1) is 6.10 Å². The molecule has 0 saturated heterocycles. The van der Waals surface area contributed by atoms with E-state index in [1.165, 1.54) is 25.8 Å². The van der Waals surface area contributed by atoms with Crippen LogP contribution in [-0.4, -0.2) is 44.3 Å². The number of hydrogen-bond donors (Lipinski definition) is 1. The van der Waals surface area contributed by atoms with E-state index in [4.69, 9.17) is 10.5 Å². The summed E-state index contributed by atoms with van der Waals surface area (Å²) in [6.45, 7) is 5.90. The summed E-state index contributed by atoms with van der Waals surface area (Å²) in [4.78, 5) is 2.31. The number of hydrogen-bond acceptors (Lipinski definition) is 3. The molecule has 0 heterocycles. The summed E-state index contributed by atoms with van der Waals surface area (Å²) in [6.07, 6.45) is 4.40. The highest BCUT2D eigenvalue weighted by Gasteiger charge is 2.28. The van der Waals surface area contributed by atoms with E-state index in [0.29, 0.717) is 6.10 Å². The summed E-state index contributed by atoms with van der Waals surface area (Å²) in [5.41, 5.74) is 5.48. The van der Waals surface area contributed by atoms with Crippen molar-refractivity contribution in [1.29, 1.82) is 0 Å². The minimum atomic E-state index is 0.560. The van der Waals surface area contributed by atoms with Gasteiger partial charge in [-0.05, 0) is 45.7 Å². The summed E-state index contributed by atoms with van der Waals surface area (Å²) in [5, 5.41) is 0. The molecular weight excluding hydrogens is 176 g/mol. The van der Waals surface area contributed by atoms with Gasteiger partial charge < -0.3 is 15.4 Å². The van der Waals surface area contributed by atoms with Gasteiger partial charge in [-0.15, -0.1) is 0 Å². The molecule has 1 saturated carbocycles. The van der Waals surface area contributed by atoms with Crippen LogP contribution in [0.15, 0.2) is 0 Å². The fraction of sp³-hybridized carbons (Fsp3) is 1.00. The van der Waals surface area contributed by atoms with Crippen LogP contribution < -0.4 is 5.73 Å². The van der Waals surface area contributed by atoms with Crippen LogP contribution in [0.2, 0.25) is 0 Å². The fourth-order valence-corrected chi connectivity index (χ4v) is 2.02. The van der Waals surface area contributed by atoms with E-state index >= 15 is 0 Å². The first kappa shape index (κ1) is 12.0. The van der Waals surface area contributed by atoms with E-state index in [1.807, 2.05) is 0 Å². The van der Waals surface area contributed by atoms with Crippen LogP contribution >= 0.6 is 0 Å². The van der Waals surface area contributed by atoms with Crippen molar-refractivity contribution in [2.24, 2.45) is 11.7 Å². The van der Waals surface area contributed by atoms with Gasteiger partial charge in [-0.3, -0.25) is 0 Å². The second-order valence-corrected chi connectivity index (χ2v) is 4.30. The Balaban J connectivity index is 1.95. The quantitative estimate of drug-likeness (QED) is 0.668. The van der Waals surface area contributed by atoms with E-state index in [9.17, 15) is 0 Å². The lowest BCUT2D eigenvalue weighted by molar-refractivity contribution is -0.0281. The summed E-state index contributed by atoms with van der Waals surface area (Å²) in [7, 11) is 2.14. The Morgan fingerprint density at radius 1 is 1.36 bits per heavy atom. The van der Waals surface area contributed by atoms with Crippen molar-refractivity contribution in [3.63, 3.8) is 0 Å². The minimum Gasteiger partial charge on any atom is -0.378 e. The number of nitrogens with zero attached hydrogens (tertiary/aromatic N) is 1. The van der Waals surface area contributed by atoms with Gasteiger partial charge in [0.15, 0.2) is 0 Å². The normalized spacial score (nSPS) is 26.6. The largest absolute Gasteiger partial charge is 0.378 e. The lowest BCUT2D eigenvalue weighted by Crippen LogP contribution is -2.34. The van der Waals surface area contributed by atoms with Crippen LogP contribution in [0.4, 0.5) is 0 Å². The van der Waals surface area contributed by atoms with Crippen LogP contribution in [0.1, 0.15) is 26.2 Å². The Labute approximate surface area is 87.6 Å². The van der Waals surface area contributed by atoms with E-state index in [0.717, 1.165) is 25.6 Å². The minimum absolute atomic E-state index is 0.560. The van der Waals surface area contributed by atoms with Crippen molar-refractivity contribution >= 4 is 0 Å². The molecule has 1 rings (SSSR count). The molecule has 14 heavy (non-hydrogen) atoms. The zero-order chi connectivity index (χ0) is 10.4. The average molecular weight is 200 g/mol. The molecule has 1 fully saturated rings. The molecule has 0 bridgehead atoms. The molecule has 0 unspecified atom stereocenters. The smallest absolute Gasteiger partial charge is 0.0580 e. The highest BCUT2D eigenvalue weighted by atomic mass is 16.5. The standard InChI is InChI=1S/C11H24N2O/c1-3-14-11-8-10(9-11)4-6-13(2)7-5-12/h10-11H,3-9,12H2,1-2H3. The molecular formula is C11H24N2O. The van der Waals surface area contributed by atoms with Gasteiger partial charge in [0.25, 0.3) is 0 Å². The summed E-state index contributed by atoms with van der Waals surface area (Å²) >= 11 is 0. The zero-order valence-electron chi connectivity index (χ0n) is 9.54. The van der Waals surface area contributed by atoms with Crippen molar-refractivity contribution in [1.82, 2.24) is 4.90 Å². The van der Waals surface area contributed by atoms with Gasteiger partial charge in [0.2, 0.25) is 0 Å². The van der Waals surface area contributed by atoms with Crippen molar-refractivity contribution in [2.75, 3.05) is 33.3 Å². The van der Waals surface area contributed by atoms with E-state index in [-0.39, 0.29) is 0 Å². The van der Waals surface area contributed by atoms with Crippen LogP contribution in [0.3, 0.4) is 0 Å². The Morgan fingerprint density at radius 3 is 2.64 bits per heavy atom. The van der Waals surface area contributed by atoms with Gasteiger partial charge in [-0.1, -0.05) is 0 Å². The third-order valence-corrected chi connectivity index (χ3v) is 3.02. The van der Waals surface area contributed by atoms with E-state index < -0.39 is 0 Å². The number of ether oxygens (including phenoxy) is 1. The molecule has 0 aromatic carbocycles. The first-order valence-corrected chi connectivity index (χ1v) is 5.76. The first-order valence-electron chi connectivity index (χ1n) is 5.76. The Kier molecular flexibility index (Phi) is 5.45. The summed E-state index contributed by atoms with van der Waals surface area (Å²) in [6, 6.07) is 0. The Hall–Kier alpha value is -0.120. The predicted molar refractivity (Wildman–Crippen MR) is 59.3 cm³/mol. The molecule has 3 heteroatoms. The fourth-order valence-electron chi connectivity index (χ4n) is 2.02. The molecule has 0 amide bonds. The Bertz CT molecular complexity index is 146. The topological polar surface area (TPSA) is 38.5 Å². The van der Waals surface area contributed by atoms with Gasteiger partial charge >= 0.3 is 0 Å². The monoisotopic (exact) mass is 200 g/mol. The second-order valence-electron chi connectivity index (χ2n) is 4.30. The third kappa shape index (κ3) is 3.95. The van der Waals surface area contributed by atoms with Crippen LogP contribution in [0, 0.1) is 5.92 Å². The number of nitrogens with two attached hydrogens (primary N) is 1. The van der Waals surface area contributed by atoms with E-state index in [1.54, 1.807) is 0 Å². The van der Waals surface area contributed by atoms with E-state index in [2.05, 4.69) is 18.9 Å². The van der Waals surface area contributed by atoms with Crippen molar-refractivity contribution in [3.8, 4) is 0 Å². The molecule has 0 atom stereocenters. The molecule has 84 valence electrons. The van der Waals surface area contributed by atoms with Crippen LogP contribution in [0.25, 0.3) is 0 Å². The lowest BCUT2D eigenvalue weighted by atomic mass is 9.80. The Morgan fingerprint density at radius 2 is 2.07 bits per heavy atom. The molecule has 0 spiro atoms. The number of rotatable bonds is 7. The van der Waals surface area contributed by atoms with Crippen LogP contribution in [-0.2, 0) is 4.74 Å². The zero-order valence-corrected chi connectivity index (χ0v) is 9.54. The van der Waals surface area contributed by atoms with Gasteiger partial charge in [-0.25, -0.2) is 0 Å². The highest BCUT2D eigenvalue weighted by molar-refractivity contribution is 4.80. The molecule has 1 aliphatic rings. The third-order valence-electron chi connectivity index (χ3n) is 3.02. The van der Waals surface area contributed by atoms with Gasteiger partial charge in [0.1, 0.15) is 0 Å². The van der Waals surface area contributed by atoms with Crippen molar-refractivity contribution in [3.05, 3.63) is 0 Å². The molecule has 0 aliphatic heterocycles. The molecule has 2 N–H and O–H groups in total. The van der Waals surface area contributed by atoms with Crippen molar-refractivity contribution in [2.45, 2.75) is 32.3 Å². The predicted octanol–water partition coefficient (Wildman–Crippen LogP) is 1.08. The number of likely N-dealkylation sites (N-methyl/N-ethyl adjacent to an activating group) is 1. The molecule has 3 nitrogen and oxygen atoms in total. The molecule has 0 aromatic heterocycles. The van der Waals surface area contributed by atoms with Gasteiger partial charge in [-0.2, -0.15) is 0 Å². The molecule has 1 aliphatic carbocycles. The maximum Gasteiger partial charge on any atom is 0.0580 e. The van der Waals surface area contributed by atoms with Crippen LogP contribution in [0.5, 0.6) is 0 Å². The van der Waals surface area contributed by atoms with Crippen molar-refractivity contribution < 1.29 is 4.74 Å². The maximum atomic E-state index is 5.53.